The van der Waals surface area contributed by atoms with Crippen molar-refractivity contribution in [3.05, 3.63) is 79.3 Å². The van der Waals surface area contributed by atoms with Crippen LogP contribution in [0.3, 0.4) is 0 Å². The van der Waals surface area contributed by atoms with Gasteiger partial charge in [0.25, 0.3) is 0 Å². The van der Waals surface area contributed by atoms with Crippen LogP contribution in [-0.2, 0) is 11.3 Å². The van der Waals surface area contributed by atoms with Crippen molar-refractivity contribution in [2.45, 2.75) is 65.3 Å². The van der Waals surface area contributed by atoms with Crippen molar-refractivity contribution in [2.24, 2.45) is 0 Å². The summed E-state index contributed by atoms with van der Waals surface area (Å²) in [4.78, 5) is 50.2. The van der Waals surface area contributed by atoms with Gasteiger partial charge in [-0.1, -0.05) is 31.5 Å². The van der Waals surface area contributed by atoms with E-state index < -0.39 is 46.6 Å². The molecule has 0 aliphatic carbocycles. The summed E-state index contributed by atoms with van der Waals surface area (Å²) in [6.45, 7) is 9.20. The van der Waals surface area contributed by atoms with Gasteiger partial charge in [0.2, 0.25) is 0 Å². The van der Waals surface area contributed by atoms with Gasteiger partial charge in [-0.3, -0.25) is 23.7 Å². The van der Waals surface area contributed by atoms with Gasteiger partial charge in [0.05, 0.1) is 52.8 Å². The number of carbonyl (C=O) groups is 1. The molecule has 13 heteroatoms. The number of aryl methyl sites for hydroxylation is 1. The fourth-order valence-electron chi connectivity index (χ4n) is 5.30. The van der Waals surface area contributed by atoms with E-state index in [1.807, 2.05) is 13.8 Å². The number of nitrogens with zero attached hydrogens (tertiary/aromatic N) is 5. The molecule has 0 bridgehead atoms. The van der Waals surface area contributed by atoms with Gasteiger partial charge in [-0.15, -0.1) is 0 Å². The number of hydrogen-bond donors (Lipinski definition) is 1. The van der Waals surface area contributed by atoms with Crippen LogP contribution >= 0.6 is 11.6 Å². The summed E-state index contributed by atoms with van der Waals surface area (Å²) >= 11 is 6.58. The van der Waals surface area contributed by atoms with Gasteiger partial charge < -0.3 is 14.7 Å². The van der Waals surface area contributed by atoms with Crippen LogP contribution in [0.4, 0.5) is 13.6 Å². The van der Waals surface area contributed by atoms with E-state index in [9.17, 15) is 23.9 Å². The second-order valence-corrected chi connectivity index (χ2v) is 12.7. The zero-order valence-electron chi connectivity index (χ0n) is 25.1. The Kier molecular flexibility index (Phi) is 7.77. The second kappa shape index (κ2) is 11.0. The Hall–Kier alpha value is -4.32. The third-order valence-electron chi connectivity index (χ3n) is 7.27. The van der Waals surface area contributed by atoms with Crippen LogP contribution in [0.15, 0.2) is 46.1 Å². The molecular weight excluding hydrogens is 596 g/mol. The fraction of sp³-hybridized carbons (Fsp3) is 0.387. The Balaban J connectivity index is 1.75. The molecule has 0 saturated carbocycles. The molecule has 3 aromatic heterocycles. The summed E-state index contributed by atoms with van der Waals surface area (Å²) in [5.41, 5.74) is -4.18. The number of phenols is 1. The summed E-state index contributed by atoms with van der Waals surface area (Å²) in [5.74, 6) is -1.44. The van der Waals surface area contributed by atoms with Crippen LogP contribution in [0.2, 0.25) is 5.02 Å². The highest BCUT2D eigenvalue weighted by Crippen LogP contribution is 2.37. The molecule has 1 aliphatic rings. The molecule has 10 nitrogen and oxygen atoms in total. The van der Waals surface area contributed by atoms with Crippen LogP contribution < -0.4 is 11.1 Å². The van der Waals surface area contributed by atoms with E-state index in [2.05, 4.69) is 9.97 Å². The Morgan fingerprint density at radius 2 is 1.86 bits per heavy atom. The topological polar surface area (TPSA) is 120 Å². The first-order chi connectivity index (χ1) is 20.5. The zero-order valence-corrected chi connectivity index (χ0v) is 25.9. The number of likely N-dealkylation sites (tertiary alicyclic amines) is 1. The molecule has 44 heavy (non-hydrogen) atoms. The molecule has 5 rings (SSSR count). The zero-order chi connectivity index (χ0) is 32.3. The molecule has 0 radical (unpaired) electrons. The largest absolute Gasteiger partial charge is 0.507 e. The maximum atomic E-state index is 16.0. The average Bonchev–Trinajstić information content (AvgIpc) is 2.90. The molecule has 1 amide bonds. The first kappa shape index (κ1) is 31.1. The lowest BCUT2D eigenvalue weighted by molar-refractivity contribution is -0.0578. The molecule has 0 atom stereocenters. The summed E-state index contributed by atoms with van der Waals surface area (Å²) in [6.07, 6.45) is 0.876. The smallest absolute Gasteiger partial charge is 0.410 e. The number of phenolic OH excluding ortho intramolecular Hbond substituents is 1. The second-order valence-electron chi connectivity index (χ2n) is 12.3. The highest BCUT2D eigenvalue weighted by atomic mass is 35.5. The molecule has 4 aromatic rings. The number of amides is 1. The number of aromatic hydroxyl groups is 1. The van der Waals surface area contributed by atoms with Crippen LogP contribution in [0, 0.1) is 12.7 Å². The lowest BCUT2D eigenvalue weighted by Gasteiger charge is -2.44. The lowest BCUT2D eigenvalue weighted by Crippen LogP contribution is -2.64. The average molecular weight is 628 g/mol. The molecular formula is C31H32ClF2N5O5. The Morgan fingerprint density at radius 3 is 2.48 bits per heavy atom. The van der Waals surface area contributed by atoms with Crippen molar-refractivity contribution in [2.75, 3.05) is 13.1 Å². The lowest BCUT2D eigenvalue weighted by atomic mass is 9.96. The molecule has 1 N–H and O–H groups in total. The summed E-state index contributed by atoms with van der Waals surface area (Å²) in [5, 5.41) is 10.4. The van der Waals surface area contributed by atoms with E-state index in [1.165, 1.54) is 18.2 Å². The molecule has 1 aliphatic heterocycles. The number of pyridine rings is 2. The van der Waals surface area contributed by atoms with Gasteiger partial charge in [0, 0.05) is 6.20 Å². The minimum atomic E-state index is -2.07. The van der Waals surface area contributed by atoms with Gasteiger partial charge in [-0.2, -0.15) is 0 Å². The van der Waals surface area contributed by atoms with Crippen LogP contribution in [0.25, 0.3) is 28.1 Å². The van der Waals surface area contributed by atoms with Crippen molar-refractivity contribution in [1.82, 2.24) is 24.0 Å². The molecule has 0 unspecified atom stereocenters. The standard InChI is InChI=1S/C31H32ClF2N5O5/c1-16(2)23-25(17(3)10-11-35-23)39-26-20(12-18(32)24(36-26)22-19(33)8-7-9-21(22)40)38(27(41)28(39)42)15-31(34)13-37(14-31)29(43)44-30(4,5)6/h7-12,16,40H,13-15H2,1-6H3. The van der Waals surface area contributed by atoms with E-state index in [4.69, 9.17) is 16.3 Å². The molecule has 232 valence electrons. The number of carbonyl (C=O) groups excluding carboxylic acids is 1. The Bertz CT molecular complexity index is 1910. The number of fused-ring (bicyclic) bond motifs is 1. The third kappa shape index (κ3) is 5.54. The Labute approximate surface area is 256 Å². The normalized spacial score (nSPS) is 14.6. The van der Waals surface area contributed by atoms with Crippen molar-refractivity contribution in [3.63, 3.8) is 0 Å². The SMILES string of the molecule is Cc1ccnc(C(C)C)c1-n1c(=O)c(=O)n(CC2(F)CN(C(=O)OC(C)(C)C)C2)c2cc(Cl)c(-c3c(O)cccc3F)nc21. The van der Waals surface area contributed by atoms with Gasteiger partial charge >= 0.3 is 17.2 Å². The highest BCUT2D eigenvalue weighted by Gasteiger charge is 2.48. The quantitative estimate of drug-likeness (QED) is 0.290. The van der Waals surface area contributed by atoms with E-state index >= 15 is 4.39 Å². The van der Waals surface area contributed by atoms with E-state index in [1.54, 1.807) is 40.0 Å². The molecule has 1 fully saturated rings. The van der Waals surface area contributed by atoms with Crippen molar-refractivity contribution < 1.29 is 23.4 Å². The Morgan fingerprint density at radius 1 is 1.18 bits per heavy atom. The van der Waals surface area contributed by atoms with Crippen molar-refractivity contribution in [3.8, 4) is 22.7 Å². The number of alkyl halides is 1. The van der Waals surface area contributed by atoms with Crippen molar-refractivity contribution in [1.29, 1.82) is 0 Å². The maximum absolute atomic E-state index is 16.0. The molecule has 4 heterocycles. The first-order valence-corrected chi connectivity index (χ1v) is 14.4. The minimum absolute atomic E-state index is 0.00937. The van der Waals surface area contributed by atoms with Gasteiger partial charge in [0.1, 0.15) is 17.2 Å². The predicted molar refractivity (Wildman–Crippen MR) is 162 cm³/mol. The van der Waals surface area contributed by atoms with Gasteiger partial charge in [-0.25, -0.2) is 18.6 Å². The summed E-state index contributed by atoms with van der Waals surface area (Å²) in [7, 11) is 0. The van der Waals surface area contributed by atoms with E-state index in [-0.39, 0.29) is 46.5 Å². The first-order valence-electron chi connectivity index (χ1n) is 14.0. The number of hydrogen-bond acceptors (Lipinski definition) is 7. The monoisotopic (exact) mass is 627 g/mol. The number of ether oxygens (including phenoxy) is 1. The molecule has 1 saturated heterocycles. The van der Waals surface area contributed by atoms with Crippen LogP contribution in [0.1, 0.15) is 51.8 Å². The maximum Gasteiger partial charge on any atom is 0.410 e. The van der Waals surface area contributed by atoms with Crippen molar-refractivity contribution >= 4 is 28.9 Å². The number of benzene rings is 1. The predicted octanol–water partition coefficient (Wildman–Crippen LogP) is 5.50. The van der Waals surface area contributed by atoms with Crippen LogP contribution in [0.5, 0.6) is 5.75 Å². The number of rotatable bonds is 5. The minimum Gasteiger partial charge on any atom is -0.507 e. The molecule has 1 aromatic carbocycles. The van der Waals surface area contributed by atoms with Gasteiger partial charge in [0.15, 0.2) is 11.3 Å². The number of aromatic nitrogens is 4. The molecule has 0 spiro atoms. The highest BCUT2D eigenvalue weighted by molar-refractivity contribution is 6.33. The van der Waals surface area contributed by atoms with E-state index in [0.29, 0.717) is 16.9 Å². The third-order valence-corrected chi connectivity index (χ3v) is 7.55. The van der Waals surface area contributed by atoms with Gasteiger partial charge in [-0.05, 0) is 63.4 Å². The number of halogens is 3. The fourth-order valence-corrected chi connectivity index (χ4v) is 5.54. The van der Waals surface area contributed by atoms with Crippen LogP contribution in [-0.4, -0.2) is 59.6 Å². The summed E-state index contributed by atoms with van der Waals surface area (Å²) in [6, 6.07) is 6.64. The summed E-state index contributed by atoms with van der Waals surface area (Å²) < 4.78 is 38.3. The van der Waals surface area contributed by atoms with E-state index in [0.717, 1.165) is 20.1 Å².